The van der Waals surface area contributed by atoms with Crippen molar-refractivity contribution in [3.8, 4) is 0 Å². The lowest BCUT2D eigenvalue weighted by molar-refractivity contribution is -0.145. The van der Waals surface area contributed by atoms with Gasteiger partial charge in [0.1, 0.15) is 12.1 Å². The van der Waals surface area contributed by atoms with E-state index in [4.69, 9.17) is 0 Å². The maximum absolute atomic E-state index is 13.2. The Bertz CT molecular complexity index is 1500. The van der Waals surface area contributed by atoms with Crippen LogP contribution in [0.1, 0.15) is 23.9 Å². The standard InChI is InChI=1S/C27H27F3N8O/c1-18-14-36(10-11-38(18)24(39)16-37-17-34-22-5-3-8-31-25(22)37)23-6-2-4-19-7-9-35(15-21(19)23)20-12-32-26(33-13-20)27(28,29)30/h2-6,8,12-13,17-18H,7,9-11,14-16H2,1H3/t18-/m1/s1. The number of pyridine rings is 1. The van der Waals surface area contributed by atoms with Crippen molar-refractivity contribution in [3.05, 3.63) is 72.2 Å². The number of carbonyl (C=O) groups excluding carboxylic acids is 1. The molecule has 12 heteroatoms. The number of hydrogen-bond donors (Lipinski definition) is 0. The SMILES string of the molecule is C[C@@H]1CN(c2cccc3c2CN(c2cnc(C(F)(F)F)nc2)CC3)CCN1C(=O)Cn1cnc2cccnc21. The van der Waals surface area contributed by atoms with Crippen LogP contribution in [0.15, 0.2) is 55.2 Å². The van der Waals surface area contributed by atoms with Crippen molar-refractivity contribution in [2.75, 3.05) is 36.0 Å². The minimum Gasteiger partial charge on any atom is -0.367 e. The van der Waals surface area contributed by atoms with Crippen molar-refractivity contribution in [2.45, 2.75) is 38.7 Å². The van der Waals surface area contributed by atoms with Gasteiger partial charge in [0.25, 0.3) is 0 Å². The zero-order valence-corrected chi connectivity index (χ0v) is 21.3. The summed E-state index contributed by atoms with van der Waals surface area (Å²) < 4.78 is 40.5. The van der Waals surface area contributed by atoms with Gasteiger partial charge in [0, 0.05) is 50.6 Å². The molecule has 2 aliphatic heterocycles. The van der Waals surface area contributed by atoms with E-state index < -0.39 is 12.0 Å². The van der Waals surface area contributed by atoms with Gasteiger partial charge in [-0.25, -0.2) is 19.9 Å². The van der Waals surface area contributed by atoms with E-state index in [1.807, 2.05) is 28.0 Å². The van der Waals surface area contributed by atoms with Crippen LogP contribution in [0.5, 0.6) is 0 Å². The molecular weight excluding hydrogens is 509 g/mol. The molecule has 0 spiro atoms. The molecule has 6 rings (SSSR count). The minimum absolute atomic E-state index is 0.00661. The molecule has 202 valence electrons. The Morgan fingerprint density at radius 3 is 2.59 bits per heavy atom. The van der Waals surface area contributed by atoms with Crippen molar-refractivity contribution in [1.29, 1.82) is 0 Å². The lowest BCUT2D eigenvalue weighted by Gasteiger charge is -2.43. The Morgan fingerprint density at radius 2 is 1.82 bits per heavy atom. The van der Waals surface area contributed by atoms with E-state index in [1.54, 1.807) is 17.1 Å². The second kappa shape index (κ2) is 9.83. The lowest BCUT2D eigenvalue weighted by atomic mass is 9.96. The first-order chi connectivity index (χ1) is 18.8. The number of hydrogen-bond acceptors (Lipinski definition) is 7. The summed E-state index contributed by atoms with van der Waals surface area (Å²) >= 11 is 0. The summed E-state index contributed by atoms with van der Waals surface area (Å²) in [4.78, 5) is 35.2. The molecule has 39 heavy (non-hydrogen) atoms. The number of rotatable bonds is 4. The third-order valence-electron chi connectivity index (χ3n) is 7.47. The zero-order chi connectivity index (χ0) is 27.1. The molecule has 3 aromatic heterocycles. The zero-order valence-electron chi connectivity index (χ0n) is 21.3. The molecule has 1 aromatic carbocycles. The van der Waals surface area contributed by atoms with Crippen LogP contribution in [-0.4, -0.2) is 67.5 Å². The van der Waals surface area contributed by atoms with Gasteiger partial charge in [0.15, 0.2) is 5.65 Å². The molecule has 2 aliphatic rings. The first-order valence-electron chi connectivity index (χ1n) is 12.8. The average Bonchev–Trinajstić information content (AvgIpc) is 3.34. The van der Waals surface area contributed by atoms with Crippen LogP contribution in [-0.2, 0) is 30.5 Å². The number of carbonyl (C=O) groups is 1. The van der Waals surface area contributed by atoms with Gasteiger partial charge in [0.05, 0.1) is 24.4 Å². The molecule has 1 amide bonds. The summed E-state index contributed by atoms with van der Waals surface area (Å²) in [5.74, 6) is -1.11. The van der Waals surface area contributed by atoms with Crippen LogP contribution in [0.4, 0.5) is 24.5 Å². The van der Waals surface area contributed by atoms with Crippen LogP contribution in [0.3, 0.4) is 0 Å². The third kappa shape index (κ3) is 4.86. The number of amides is 1. The summed E-state index contributed by atoms with van der Waals surface area (Å²) in [6.07, 6.45) is 2.04. The van der Waals surface area contributed by atoms with Gasteiger partial charge >= 0.3 is 6.18 Å². The molecule has 0 N–H and O–H groups in total. The smallest absolute Gasteiger partial charge is 0.367 e. The van der Waals surface area contributed by atoms with Crippen LogP contribution >= 0.6 is 0 Å². The average molecular weight is 537 g/mol. The molecule has 1 saturated heterocycles. The summed E-state index contributed by atoms with van der Waals surface area (Å²) in [5, 5.41) is 0. The van der Waals surface area contributed by atoms with E-state index in [0.717, 1.165) is 23.2 Å². The molecule has 0 saturated carbocycles. The Balaban J connectivity index is 1.16. The lowest BCUT2D eigenvalue weighted by Crippen LogP contribution is -2.55. The van der Waals surface area contributed by atoms with Crippen LogP contribution in [0, 0.1) is 0 Å². The van der Waals surface area contributed by atoms with Crippen molar-refractivity contribution in [2.24, 2.45) is 0 Å². The third-order valence-corrected chi connectivity index (χ3v) is 7.47. The predicted octanol–water partition coefficient (Wildman–Crippen LogP) is 3.54. The second-order valence-electron chi connectivity index (χ2n) is 9.95. The van der Waals surface area contributed by atoms with Gasteiger partial charge in [-0.2, -0.15) is 13.2 Å². The monoisotopic (exact) mass is 536 g/mol. The Kier molecular flexibility index (Phi) is 6.32. The highest BCUT2D eigenvalue weighted by molar-refractivity contribution is 5.79. The molecule has 0 bridgehead atoms. The van der Waals surface area contributed by atoms with Crippen molar-refractivity contribution in [3.63, 3.8) is 0 Å². The Labute approximate surface area is 222 Å². The van der Waals surface area contributed by atoms with Gasteiger partial charge in [-0.1, -0.05) is 12.1 Å². The highest BCUT2D eigenvalue weighted by Gasteiger charge is 2.35. The number of aromatic nitrogens is 5. The van der Waals surface area contributed by atoms with Gasteiger partial charge in [-0.3, -0.25) is 4.79 Å². The molecule has 0 unspecified atom stereocenters. The van der Waals surface area contributed by atoms with Crippen LogP contribution in [0.2, 0.25) is 0 Å². The summed E-state index contributed by atoms with van der Waals surface area (Å²) in [5.41, 5.74) is 5.47. The van der Waals surface area contributed by atoms with Gasteiger partial charge in [-0.15, -0.1) is 0 Å². The highest BCUT2D eigenvalue weighted by Crippen LogP contribution is 2.33. The molecular formula is C27H27F3N8O. The summed E-state index contributed by atoms with van der Waals surface area (Å²) in [6, 6.07) is 9.92. The van der Waals surface area contributed by atoms with Gasteiger partial charge in [0.2, 0.25) is 11.7 Å². The number of halogens is 3. The van der Waals surface area contributed by atoms with E-state index in [2.05, 4.69) is 43.9 Å². The number of benzene rings is 1. The van der Waals surface area contributed by atoms with E-state index in [0.29, 0.717) is 44.1 Å². The summed E-state index contributed by atoms with van der Waals surface area (Å²) in [7, 11) is 0. The van der Waals surface area contributed by atoms with Crippen molar-refractivity contribution < 1.29 is 18.0 Å². The van der Waals surface area contributed by atoms with Crippen molar-refractivity contribution >= 4 is 28.4 Å². The molecule has 0 radical (unpaired) electrons. The molecule has 5 heterocycles. The fraction of sp³-hybridized carbons (Fsp3) is 0.370. The molecule has 4 aromatic rings. The largest absolute Gasteiger partial charge is 0.451 e. The number of fused-ring (bicyclic) bond motifs is 2. The van der Waals surface area contributed by atoms with E-state index in [-0.39, 0.29) is 18.5 Å². The van der Waals surface area contributed by atoms with Gasteiger partial charge in [-0.05, 0) is 42.7 Å². The number of piperazine rings is 1. The first-order valence-corrected chi connectivity index (χ1v) is 12.8. The molecule has 0 aliphatic carbocycles. The van der Waals surface area contributed by atoms with Crippen LogP contribution in [0.25, 0.3) is 11.2 Å². The number of alkyl halides is 3. The molecule has 1 atom stereocenters. The normalized spacial score (nSPS) is 17.9. The van der Waals surface area contributed by atoms with Crippen molar-refractivity contribution in [1.82, 2.24) is 29.4 Å². The topological polar surface area (TPSA) is 83.3 Å². The number of imidazole rings is 1. The van der Waals surface area contributed by atoms with Crippen LogP contribution < -0.4 is 9.80 Å². The summed E-state index contributed by atoms with van der Waals surface area (Å²) in [6.45, 7) is 5.39. The van der Waals surface area contributed by atoms with E-state index in [9.17, 15) is 18.0 Å². The predicted molar refractivity (Wildman–Crippen MR) is 139 cm³/mol. The maximum Gasteiger partial charge on any atom is 0.451 e. The van der Waals surface area contributed by atoms with Gasteiger partial charge < -0.3 is 19.3 Å². The Hall–Kier alpha value is -4.22. The fourth-order valence-electron chi connectivity index (χ4n) is 5.51. The minimum atomic E-state index is -4.57. The van der Waals surface area contributed by atoms with E-state index in [1.165, 1.54) is 18.0 Å². The maximum atomic E-state index is 13.2. The highest BCUT2D eigenvalue weighted by atomic mass is 19.4. The Morgan fingerprint density at radius 1 is 1.00 bits per heavy atom. The second-order valence-corrected chi connectivity index (χ2v) is 9.95. The number of anilines is 2. The fourth-order valence-corrected chi connectivity index (χ4v) is 5.51. The molecule has 1 fully saturated rings. The number of nitrogens with zero attached hydrogens (tertiary/aromatic N) is 8. The molecule has 9 nitrogen and oxygen atoms in total. The quantitative estimate of drug-likeness (QED) is 0.395. The van der Waals surface area contributed by atoms with E-state index >= 15 is 0 Å². The first kappa shape index (κ1) is 25.1.